The predicted octanol–water partition coefficient (Wildman–Crippen LogP) is 11.7. The van der Waals surface area contributed by atoms with Gasteiger partial charge in [0.25, 0.3) is 0 Å². The zero-order valence-corrected chi connectivity index (χ0v) is 24.9. The first-order valence-electron chi connectivity index (χ1n) is 16.3. The van der Waals surface area contributed by atoms with E-state index in [1.807, 2.05) is 0 Å². The predicted molar refractivity (Wildman–Crippen MR) is 183 cm³/mol. The van der Waals surface area contributed by atoms with Crippen LogP contribution in [0.4, 0.5) is 11.4 Å². The molecule has 0 aliphatic heterocycles. The number of para-hydroxylation sites is 1. The zero-order valence-electron chi connectivity index (χ0n) is 24.9. The van der Waals surface area contributed by atoms with Crippen LogP contribution < -0.4 is 5.32 Å². The van der Waals surface area contributed by atoms with Gasteiger partial charge in [-0.3, -0.25) is 0 Å². The highest BCUT2D eigenvalue weighted by Gasteiger charge is 2.45. The summed E-state index contributed by atoms with van der Waals surface area (Å²) in [7, 11) is 0. The summed E-state index contributed by atoms with van der Waals surface area (Å²) in [5.41, 5.74) is 17.1. The van der Waals surface area contributed by atoms with E-state index in [0.29, 0.717) is 0 Å². The number of hydrogen-bond acceptors (Lipinski definition) is 1. The minimum absolute atomic E-state index is 0.193. The second-order valence-corrected chi connectivity index (χ2v) is 12.7. The molecule has 4 aromatic carbocycles. The molecule has 0 aromatic heterocycles. The van der Waals surface area contributed by atoms with Gasteiger partial charge in [0.1, 0.15) is 0 Å². The Bertz CT molecular complexity index is 1790. The summed E-state index contributed by atoms with van der Waals surface area (Å²) in [6.45, 7) is 0. The van der Waals surface area contributed by atoms with Gasteiger partial charge >= 0.3 is 0 Å². The average molecular weight is 558 g/mol. The monoisotopic (exact) mass is 557 g/mol. The lowest BCUT2D eigenvalue weighted by atomic mass is 9.65. The topological polar surface area (TPSA) is 12.0 Å². The Kier molecular flexibility index (Phi) is 6.75. The first-order chi connectivity index (χ1) is 21.3. The average Bonchev–Trinajstić information content (AvgIpc) is 3.34. The molecule has 4 aliphatic carbocycles. The number of hydrogen-bond donors (Lipinski definition) is 1. The molecule has 0 heterocycles. The fourth-order valence-corrected chi connectivity index (χ4v) is 8.13. The standard InChI is InChI=1S/C42H39N/c1-4-12-30(13-5-1)33-20-24-37-38-25-21-34(29-40(38)42(39(37)28-33)26-10-3-11-27-42)31-18-22-35(23-19-31)43-41-17-9-8-16-36(41)32-14-6-2-7-15-32/h1-2,4,6-9,12,14-20,22-24,28-29,43H,3,5,10-11,13,21,25-27H2. The lowest BCUT2D eigenvalue weighted by Crippen LogP contribution is -2.29. The van der Waals surface area contributed by atoms with Gasteiger partial charge in [-0.05, 0) is 113 Å². The van der Waals surface area contributed by atoms with Gasteiger partial charge in [0.05, 0.1) is 0 Å². The zero-order chi connectivity index (χ0) is 28.6. The van der Waals surface area contributed by atoms with Crippen molar-refractivity contribution in [2.24, 2.45) is 0 Å². The lowest BCUT2D eigenvalue weighted by Gasteiger charge is -2.38. The molecular formula is C42H39N. The minimum atomic E-state index is 0.193. The van der Waals surface area contributed by atoms with Crippen LogP contribution in [0, 0.1) is 0 Å². The SMILES string of the molecule is C1=CCCC(c2ccc3c(c2)C2(CCCCC2)C2=C3CCC(c3ccc(Nc4ccccc4-c4ccccc4)cc3)=C2)=C1. The number of anilines is 2. The van der Waals surface area contributed by atoms with Crippen LogP contribution in [-0.2, 0) is 5.41 Å². The van der Waals surface area contributed by atoms with Crippen molar-refractivity contribution in [3.8, 4) is 11.1 Å². The molecule has 1 spiro atoms. The van der Waals surface area contributed by atoms with E-state index in [2.05, 4.69) is 127 Å². The molecule has 0 radical (unpaired) electrons. The number of nitrogens with one attached hydrogen (secondary N) is 1. The fraction of sp³-hybridized carbons (Fsp3) is 0.238. The Morgan fingerprint density at radius 3 is 2.21 bits per heavy atom. The van der Waals surface area contributed by atoms with E-state index in [4.69, 9.17) is 0 Å². The number of rotatable bonds is 5. The quantitative estimate of drug-likeness (QED) is 0.257. The molecule has 43 heavy (non-hydrogen) atoms. The lowest BCUT2D eigenvalue weighted by molar-refractivity contribution is 0.350. The molecule has 0 saturated heterocycles. The Hall–Kier alpha value is -4.36. The van der Waals surface area contributed by atoms with Gasteiger partial charge in [-0.1, -0.05) is 116 Å². The van der Waals surface area contributed by atoms with Crippen LogP contribution in [0.25, 0.3) is 27.8 Å². The minimum Gasteiger partial charge on any atom is -0.355 e. The van der Waals surface area contributed by atoms with Gasteiger partial charge < -0.3 is 5.32 Å². The van der Waals surface area contributed by atoms with Crippen LogP contribution in [-0.4, -0.2) is 0 Å². The van der Waals surface area contributed by atoms with Crippen LogP contribution in [0.15, 0.2) is 127 Å². The second kappa shape index (κ2) is 11.0. The molecule has 4 aromatic rings. The summed E-state index contributed by atoms with van der Waals surface area (Å²) in [5, 5.41) is 3.69. The molecule has 1 saturated carbocycles. The van der Waals surface area contributed by atoms with Crippen LogP contribution in [0.2, 0.25) is 0 Å². The molecule has 1 N–H and O–H groups in total. The van der Waals surface area contributed by atoms with Crippen molar-refractivity contribution in [1.29, 1.82) is 0 Å². The normalized spacial score (nSPS) is 18.6. The first kappa shape index (κ1) is 26.3. The molecule has 4 aliphatic rings. The summed E-state index contributed by atoms with van der Waals surface area (Å²) >= 11 is 0. The highest BCUT2D eigenvalue weighted by molar-refractivity contribution is 5.90. The smallest absolute Gasteiger partial charge is 0.0463 e. The highest BCUT2D eigenvalue weighted by atomic mass is 14.9. The van der Waals surface area contributed by atoms with Crippen molar-refractivity contribution in [3.05, 3.63) is 149 Å². The Morgan fingerprint density at radius 2 is 1.40 bits per heavy atom. The van der Waals surface area contributed by atoms with E-state index in [1.54, 1.807) is 22.3 Å². The molecule has 8 rings (SSSR count). The Balaban J connectivity index is 1.10. The van der Waals surface area contributed by atoms with Crippen LogP contribution in [0.1, 0.15) is 80.0 Å². The Morgan fingerprint density at radius 1 is 0.605 bits per heavy atom. The van der Waals surface area contributed by atoms with Crippen molar-refractivity contribution >= 4 is 28.1 Å². The number of fused-ring (bicyclic) bond motifs is 4. The maximum absolute atomic E-state index is 3.69. The summed E-state index contributed by atoms with van der Waals surface area (Å²) in [6.07, 6.45) is 20.6. The van der Waals surface area contributed by atoms with Gasteiger partial charge in [-0.2, -0.15) is 0 Å². The molecule has 1 fully saturated rings. The van der Waals surface area contributed by atoms with Crippen molar-refractivity contribution in [1.82, 2.24) is 0 Å². The molecule has 0 atom stereocenters. The summed E-state index contributed by atoms with van der Waals surface area (Å²) in [5.74, 6) is 0. The first-order valence-corrected chi connectivity index (χ1v) is 16.3. The molecule has 0 unspecified atom stereocenters. The van der Waals surface area contributed by atoms with Gasteiger partial charge in [0.15, 0.2) is 0 Å². The van der Waals surface area contributed by atoms with Gasteiger partial charge in [-0.25, -0.2) is 0 Å². The summed E-state index contributed by atoms with van der Waals surface area (Å²) in [6, 6.07) is 35.8. The molecule has 0 amide bonds. The largest absolute Gasteiger partial charge is 0.355 e. The van der Waals surface area contributed by atoms with E-state index >= 15 is 0 Å². The van der Waals surface area contributed by atoms with Crippen LogP contribution in [0.3, 0.4) is 0 Å². The molecule has 1 heteroatoms. The van der Waals surface area contributed by atoms with E-state index in [9.17, 15) is 0 Å². The molecule has 212 valence electrons. The van der Waals surface area contributed by atoms with Crippen molar-refractivity contribution < 1.29 is 0 Å². The van der Waals surface area contributed by atoms with Crippen molar-refractivity contribution in [3.63, 3.8) is 0 Å². The maximum Gasteiger partial charge on any atom is 0.0463 e. The second-order valence-electron chi connectivity index (χ2n) is 12.7. The van der Waals surface area contributed by atoms with Gasteiger partial charge in [-0.15, -0.1) is 0 Å². The van der Waals surface area contributed by atoms with E-state index in [-0.39, 0.29) is 5.41 Å². The molecule has 1 nitrogen and oxygen atoms in total. The highest BCUT2D eigenvalue weighted by Crippen LogP contribution is 2.58. The third-order valence-corrected chi connectivity index (χ3v) is 10.3. The van der Waals surface area contributed by atoms with E-state index in [0.717, 1.165) is 37.1 Å². The van der Waals surface area contributed by atoms with E-state index in [1.165, 1.54) is 65.5 Å². The van der Waals surface area contributed by atoms with Crippen molar-refractivity contribution in [2.45, 2.75) is 63.2 Å². The fourth-order valence-electron chi connectivity index (χ4n) is 8.13. The summed E-state index contributed by atoms with van der Waals surface area (Å²) in [4.78, 5) is 0. The van der Waals surface area contributed by atoms with Crippen LogP contribution in [0.5, 0.6) is 0 Å². The number of benzene rings is 4. The van der Waals surface area contributed by atoms with E-state index < -0.39 is 0 Å². The molecular weight excluding hydrogens is 518 g/mol. The maximum atomic E-state index is 3.69. The summed E-state index contributed by atoms with van der Waals surface area (Å²) < 4.78 is 0. The van der Waals surface area contributed by atoms with Crippen LogP contribution >= 0.6 is 0 Å². The van der Waals surface area contributed by atoms with Gasteiger partial charge in [0.2, 0.25) is 0 Å². The third-order valence-electron chi connectivity index (χ3n) is 10.3. The molecule has 0 bridgehead atoms. The third kappa shape index (κ3) is 4.72. The van der Waals surface area contributed by atoms with Gasteiger partial charge in [0, 0.05) is 22.4 Å². The number of allylic oxidation sites excluding steroid dienone is 8. The van der Waals surface area contributed by atoms with Crippen molar-refractivity contribution in [2.75, 3.05) is 5.32 Å². The Labute approximate surface area is 256 Å².